The van der Waals surface area contributed by atoms with Crippen molar-refractivity contribution in [1.82, 2.24) is 0 Å². The second-order valence-corrected chi connectivity index (χ2v) is 4.91. The number of aromatic carboxylic acids is 1. The number of hydrazone groups is 1. The van der Waals surface area contributed by atoms with Crippen LogP contribution >= 0.6 is 23.2 Å². The second kappa shape index (κ2) is 6.47. The van der Waals surface area contributed by atoms with E-state index in [0.717, 1.165) is 0 Å². The van der Waals surface area contributed by atoms with Crippen LogP contribution in [0.5, 0.6) is 5.75 Å². The van der Waals surface area contributed by atoms with Gasteiger partial charge in [0.1, 0.15) is 0 Å². The van der Waals surface area contributed by atoms with Crippen molar-refractivity contribution in [2.75, 3.05) is 5.43 Å². The normalized spacial score (nSPS) is 10.8. The predicted molar refractivity (Wildman–Crippen MR) is 80.5 cm³/mol. The summed E-state index contributed by atoms with van der Waals surface area (Å²) in [7, 11) is 0. The van der Waals surface area contributed by atoms with Crippen molar-refractivity contribution in [3.05, 3.63) is 57.6 Å². The fourth-order valence-corrected chi connectivity index (χ4v) is 2.08. The molecule has 0 radical (unpaired) electrons. The van der Waals surface area contributed by atoms with Crippen molar-refractivity contribution in [3.8, 4) is 5.75 Å². The topological polar surface area (TPSA) is 84.8 Å². The molecule has 0 aliphatic carbocycles. The number of hydrogen-bond donors (Lipinski definition) is 2. The lowest BCUT2D eigenvalue weighted by Gasteiger charge is -2.12. The molecule has 0 fully saturated rings. The molecule has 0 atom stereocenters. The number of benzene rings is 2. The van der Waals surface area contributed by atoms with Crippen molar-refractivity contribution in [3.63, 3.8) is 0 Å². The van der Waals surface area contributed by atoms with Crippen LogP contribution in [0.25, 0.3) is 0 Å². The Hall–Kier alpha value is -2.24. The molecular weight excluding hydrogens is 315 g/mol. The number of nitrogens with one attached hydrogen (secondary N) is 1. The molecule has 0 spiro atoms. The van der Waals surface area contributed by atoms with Crippen LogP contribution in [0.3, 0.4) is 0 Å². The maximum absolute atomic E-state index is 11.7. The van der Waals surface area contributed by atoms with Gasteiger partial charge in [0.25, 0.3) is 0 Å². The monoisotopic (exact) mass is 323 g/mol. The summed E-state index contributed by atoms with van der Waals surface area (Å²) in [4.78, 5) is 10.8. The van der Waals surface area contributed by atoms with Crippen LogP contribution in [-0.2, 0) is 0 Å². The van der Waals surface area contributed by atoms with Crippen molar-refractivity contribution in [1.29, 1.82) is 0 Å². The summed E-state index contributed by atoms with van der Waals surface area (Å²) in [6, 6.07) is 8.90. The van der Waals surface area contributed by atoms with Gasteiger partial charge in [-0.3, -0.25) is 5.43 Å². The molecule has 0 saturated heterocycles. The molecule has 0 bridgehead atoms. The molecule has 2 rings (SSSR count). The Bertz CT molecular complexity index is 717. The van der Waals surface area contributed by atoms with Gasteiger partial charge < -0.3 is 10.2 Å². The molecule has 0 heterocycles. The van der Waals surface area contributed by atoms with Crippen LogP contribution in [0.4, 0.5) is 5.69 Å². The highest BCUT2D eigenvalue weighted by Gasteiger charge is 2.02. The minimum atomic E-state index is -1.04. The zero-order valence-electron chi connectivity index (χ0n) is 10.5. The molecular formula is C14H9Cl2N2O3-. The van der Waals surface area contributed by atoms with Gasteiger partial charge in [0.2, 0.25) is 0 Å². The van der Waals surface area contributed by atoms with Gasteiger partial charge >= 0.3 is 5.97 Å². The smallest absolute Gasteiger partial charge is 0.335 e. The van der Waals surface area contributed by atoms with Gasteiger partial charge in [-0.15, -0.1) is 0 Å². The lowest BCUT2D eigenvalue weighted by atomic mass is 10.2. The standard InChI is InChI=1S/C14H10Cl2N2O3/c15-10-4-9(13(19)12(16)6-10)7-17-18-11-3-1-2-8(5-11)14(20)21/h1-7,18-19H,(H,20,21)/p-1/b17-7+. The fourth-order valence-electron chi connectivity index (χ4n) is 1.57. The van der Waals surface area contributed by atoms with Crippen LogP contribution in [0.1, 0.15) is 15.9 Å². The van der Waals surface area contributed by atoms with E-state index in [9.17, 15) is 9.90 Å². The Morgan fingerprint density at radius 2 is 2.05 bits per heavy atom. The van der Waals surface area contributed by atoms with Crippen molar-refractivity contribution >= 4 is 41.1 Å². The maximum Gasteiger partial charge on any atom is 0.335 e. The molecule has 2 aromatic rings. The molecule has 5 nitrogen and oxygen atoms in total. The van der Waals surface area contributed by atoms with E-state index < -0.39 is 5.97 Å². The van der Waals surface area contributed by atoms with Gasteiger partial charge in [-0.1, -0.05) is 35.0 Å². The van der Waals surface area contributed by atoms with Crippen molar-refractivity contribution in [2.45, 2.75) is 0 Å². The summed E-state index contributed by atoms with van der Waals surface area (Å²) in [5.74, 6) is -1.42. The van der Waals surface area contributed by atoms with Gasteiger partial charge in [-0.05, 0) is 35.9 Å². The molecule has 0 aromatic heterocycles. The zero-order valence-corrected chi connectivity index (χ0v) is 12.0. The van der Waals surface area contributed by atoms with Gasteiger partial charge in [0, 0.05) is 10.0 Å². The van der Waals surface area contributed by atoms with E-state index in [1.165, 1.54) is 30.5 Å². The summed E-state index contributed by atoms with van der Waals surface area (Å²) >= 11 is 11.5. The van der Waals surface area contributed by atoms with Gasteiger partial charge in [-0.2, -0.15) is 5.10 Å². The number of carboxylic acid groups (broad SMARTS) is 1. The predicted octanol–water partition coefficient (Wildman–Crippen LogP) is 3.21. The number of anilines is 1. The molecule has 0 aliphatic heterocycles. The Labute approximate surface area is 130 Å². The zero-order chi connectivity index (χ0) is 15.4. The van der Waals surface area contributed by atoms with E-state index in [2.05, 4.69) is 10.5 Å². The third kappa shape index (κ3) is 3.87. The molecule has 2 aromatic carbocycles. The quantitative estimate of drug-likeness (QED) is 0.668. The molecule has 2 N–H and O–H groups in total. The van der Waals surface area contributed by atoms with Crippen LogP contribution in [0, 0.1) is 0 Å². The van der Waals surface area contributed by atoms with Crippen LogP contribution < -0.4 is 10.5 Å². The molecule has 108 valence electrons. The number of carbonyl (C=O) groups is 1. The highest BCUT2D eigenvalue weighted by Crippen LogP contribution is 2.27. The molecule has 0 aliphatic rings. The van der Waals surface area contributed by atoms with E-state index in [1.54, 1.807) is 12.1 Å². The van der Waals surface area contributed by atoms with E-state index in [-0.39, 0.29) is 21.9 Å². The summed E-state index contributed by atoms with van der Waals surface area (Å²) < 4.78 is 0. The largest absolute Gasteiger partial charge is 0.871 e. The molecule has 0 unspecified atom stereocenters. The van der Waals surface area contributed by atoms with E-state index in [4.69, 9.17) is 28.3 Å². The Morgan fingerprint density at radius 3 is 2.76 bits per heavy atom. The Balaban J connectivity index is 2.16. The third-order valence-electron chi connectivity index (χ3n) is 2.54. The fraction of sp³-hybridized carbons (Fsp3) is 0. The summed E-state index contributed by atoms with van der Waals surface area (Å²) in [5, 5.41) is 24.8. The number of halogens is 2. The lowest BCUT2D eigenvalue weighted by Crippen LogP contribution is -2.00. The minimum absolute atomic E-state index is 0.0109. The first-order valence-electron chi connectivity index (χ1n) is 5.76. The SMILES string of the molecule is O=C(O)c1cccc(N/N=C/c2cc(Cl)cc(Cl)c2[O-])c1. The minimum Gasteiger partial charge on any atom is -0.871 e. The second-order valence-electron chi connectivity index (χ2n) is 4.06. The Morgan fingerprint density at radius 1 is 1.29 bits per heavy atom. The number of carboxylic acids is 1. The number of rotatable bonds is 4. The average molecular weight is 324 g/mol. The number of nitrogens with zero attached hydrogens (tertiary/aromatic N) is 1. The van der Waals surface area contributed by atoms with Crippen molar-refractivity contribution in [2.24, 2.45) is 5.10 Å². The van der Waals surface area contributed by atoms with Crippen LogP contribution in [-0.4, -0.2) is 17.3 Å². The van der Waals surface area contributed by atoms with Crippen molar-refractivity contribution < 1.29 is 15.0 Å². The van der Waals surface area contributed by atoms with Gasteiger partial charge in [0.15, 0.2) is 0 Å². The first kappa shape index (κ1) is 15.2. The molecule has 7 heteroatoms. The highest BCUT2D eigenvalue weighted by molar-refractivity contribution is 6.36. The summed E-state index contributed by atoms with van der Waals surface area (Å²) in [6.07, 6.45) is 1.27. The van der Waals surface area contributed by atoms with Gasteiger partial charge in [0.05, 0.1) is 17.5 Å². The average Bonchev–Trinajstić information content (AvgIpc) is 2.44. The first-order valence-corrected chi connectivity index (χ1v) is 6.51. The molecule has 0 saturated carbocycles. The molecule has 21 heavy (non-hydrogen) atoms. The van der Waals surface area contributed by atoms with Crippen LogP contribution in [0.15, 0.2) is 41.5 Å². The number of hydrogen-bond acceptors (Lipinski definition) is 4. The third-order valence-corrected chi connectivity index (χ3v) is 3.04. The van der Waals surface area contributed by atoms with Crippen LogP contribution in [0.2, 0.25) is 10.0 Å². The van der Waals surface area contributed by atoms with E-state index in [0.29, 0.717) is 10.7 Å². The Kier molecular flexibility index (Phi) is 4.67. The lowest BCUT2D eigenvalue weighted by molar-refractivity contribution is -0.268. The van der Waals surface area contributed by atoms with E-state index in [1.807, 2.05) is 0 Å². The van der Waals surface area contributed by atoms with Gasteiger partial charge in [-0.25, -0.2) is 4.79 Å². The van der Waals surface area contributed by atoms with E-state index >= 15 is 0 Å². The maximum atomic E-state index is 11.7. The summed E-state index contributed by atoms with van der Waals surface area (Å²) in [5.41, 5.74) is 3.48. The first-order chi connectivity index (χ1) is 9.97. The highest BCUT2D eigenvalue weighted by atomic mass is 35.5. The molecule has 0 amide bonds. The summed E-state index contributed by atoms with van der Waals surface area (Å²) in [6.45, 7) is 0.